The Labute approximate surface area is 106 Å². The molecular weight excluding hydrogens is 329 g/mol. The lowest BCUT2D eigenvalue weighted by Crippen LogP contribution is -2.15. The number of hydrogen-bond acceptors (Lipinski definition) is 3. The number of alkyl halides is 5. The zero-order valence-electron chi connectivity index (χ0n) is 8.69. The second-order valence-electron chi connectivity index (χ2n) is 3.05. The number of halogens is 6. The Bertz CT molecular complexity index is 475. The van der Waals surface area contributed by atoms with Gasteiger partial charge in [-0.2, -0.15) is 13.2 Å². The molecule has 1 aromatic heterocycles. The maximum atomic E-state index is 12.6. The van der Waals surface area contributed by atoms with Crippen molar-refractivity contribution >= 4 is 21.9 Å². The molecule has 0 spiro atoms. The average Bonchev–Trinajstić information content (AvgIpc) is 2.26. The summed E-state index contributed by atoms with van der Waals surface area (Å²) in [6.45, 7) is 0. The zero-order valence-corrected chi connectivity index (χ0v) is 10.3. The maximum Gasteiger partial charge on any atom is 0.433 e. The summed E-state index contributed by atoms with van der Waals surface area (Å²) in [7, 11) is 0.902. The lowest BCUT2D eigenvalue weighted by atomic mass is 10.2. The van der Waals surface area contributed by atoms with Crippen molar-refractivity contribution in [2.75, 3.05) is 7.11 Å². The van der Waals surface area contributed by atoms with Crippen molar-refractivity contribution in [2.24, 2.45) is 0 Å². The van der Waals surface area contributed by atoms with Gasteiger partial charge in [-0.1, -0.05) is 0 Å². The fraction of sp³-hybridized carbons (Fsp3) is 0.333. The summed E-state index contributed by atoms with van der Waals surface area (Å²) >= 11 is 2.61. The molecule has 1 heterocycles. The van der Waals surface area contributed by atoms with E-state index in [4.69, 9.17) is 0 Å². The first-order valence-electron chi connectivity index (χ1n) is 4.32. The van der Waals surface area contributed by atoms with Gasteiger partial charge < -0.3 is 4.74 Å². The standard InChI is InChI=1S/C9H5BrF5NO2/c1-18-8(17)6-5(10)3(7(11)12)2-4(16-6)9(13,14)15/h2,7H,1H3. The molecule has 0 amide bonds. The minimum absolute atomic E-state index is 0.182. The summed E-state index contributed by atoms with van der Waals surface area (Å²) in [5.41, 5.74) is -3.40. The van der Waals surface area contributed by atoms with E-state index in [1.54, 1.807) is 0 Å². The Morgan fingerprint density at radius 3 is 2.39 bits per heavy atom. The highest BCUT2D eigenvalue weighted by Gasteiger charge is 2.36. The molecule has 0 saturated heterocycles. The number of pyridine rings is 1. The third-order valence-electron chi connectivity index (χ3n) is 1.89. The molecule has 0 aromatic carbocycles. The van der Waals surface area contributed by atoms with E-state index in [9.17, 15) is 26.7 Å². The summed E-state index contributed by atoms with van der Waals surface area (Å²) in [5, 5.41) is 0. The zero-order chi connectivity index (χ0) is 14.1. The Morgan fingerprint density at radius 1 is 1.44 bits per heavy atom. The molecule has 0 fully saturated rings. The molecule has 0 aliphatic rings. The van der Waals surface area contributed by atoms with Crippen molar-refractivity contribution in [2.45, 2.75) is 12.6 Å². The normalized spacial score (nSPS) is 11.8. The van der Waals surface area contributed by atoms with Crippen molar-refractivity contribution in [3.8, 4) is 0 Å². The van der Waals surface area contributed by atoms with Crippen LogP contribution >= 0.6 is 15.9 Å². The minimum atomic E-state index is -4.94. The lowest BCUT2D eigenvalue weighted by molar-refractivity contribution is -0.141. The number of carbonyl (C=O) groups is 1. The molecule has 0 saturated carbocycles. The molecular formula is C9H5BrF5NO2. The van der Waals surface area contributed by atoms with Crippen LogP contribution in [0, 0.1) is 0 Å². The first kappa shape index (κ1) is 14.8. The first-order chi connectivity index (χ1) is 8.18. The summed E-state index contributed by atoms with van der Waals surface area (Å²) in [4.78, 5) is 14.1. The van der Waals surface area contributed by atoms with Crippen LogP contribution in [0.25, 0.3) is 0 Å². The molecule has 0 atom stereocenters. The van der Waals surface area contributed by atoms with Gasteiger partial charge >= 0.3 is 12.1 Å². The number of carbonyl (C=O) groups excluding carboxylic acids is 1. The van der Waals surface area contributed by atoms with Crippen LogP contribution in [-0.4, -0.2) is 18.1 Å². The third kappa shape index (κ3) is 2.95. The fourth-order valence-electron chi connectivity index (χ4n) is 1.09. The summed E-state index contributed by atoms with van der Waals surface area (Å²) < 4.78 is 66.1. The first-order valence-corrected chi connectivity index (χ1v) is 5.12. The number of methoxy groups -OCH3 is 1. The average molecular weight is 334 g/mol. The summed E-state index contributed by atoms with van der Waals surface area (Å²) in [5.74, 6) is -1.24. The van der Waals surface area contributed by atoms with Gasteiger partial charge in [0.1, 0.15) is 5.69 Å². The Morgan fingerprint density at radius 2 is 2.00 bits per heavy atom. The molecule has 0 aliphatic heterocycles. The van der Waals surface area contributed by atoms with Gasteiger partial charge in [-0.3, -0.25) is 0 Å². The molecule has 3 nitrogen and oxygen atoms in total. The summed E-state index contributed by atoms with van der Waals surface area (Å²) in [6, 6.07) is 0.182. The van der Waals surface area contributed by atoms with E-state index in [0.717, 1.165) is 7.11 Å². The van der Waals surface area contributed by atoms with Gasteiger partial charge in [0.25, 0.3) is 6.43 Å². The van der Waals surface area contributed by atoms with Crippen LogP contribution in [0.2, 0.25) is 0 Å². The van der Waals surface area contributed by atoms with Gasteiger partial charge in [-0.05, 0) is 22.0 Å². The number of aromatic nitrogens is 1. The fourth-order valence-corrected chi connectivity index (χ4v) is 1.62. The molecule has 0 aliphatic carbocycles. The Kier molecular flexibility index (Phi) is 4.25. The van der Waals surface area contributed by atoms with Crippen LogP contribution < -0.4 is 0 Å². The molecule has 1 rings (SSSR count). The molecule has 1 aromatic rings. The van der Waals surface area contributed by atoms with Gasteiger partial charge in [0.05, 0.1) is 11.6 Å². The van der Waals surface area contributed by atoms with Gasteiger partial charge in [0.2, 0.25) is 0 Å². The van der Waals surface area contributed by atoms with Crippen LogP contribution in [0.3, 0.4) is 0 Å². The van der Waals surface area contributed by atoms with E-state index in [2.05, 4.69) is 25.7 Å². The second-order valence-corrected chi connectivity index (χ2v) is 3.84. The van der Waals surface area contributed by atoms with Gasteiger partial charge in [-0.15, -0.1) is 0 Å². The van der Waals surface area contributed by atoms with E-state index in [1.165, 1.54) is 0 Å². The van der Waals surface area contributed by atoms with E-state index < -0.39 is 40.0 Å². The number of nitrogens with zero attached hydrogens (tertiary/aromatic N) is 1. The molecule has 9 heteroatoms. The van der Waals surface area contributed by atoms with Crippen molar-refractivity contribution in [3.05, 3.63) is 27.5 Å². The van der Waals surface area contributed by atoms with Gasteiger partial charge in [0.15, 0.2) is 5.69 Å². The van der Waals surface area contributed by atoms with Crippen LogP contribution in [0.5, 0.6) is 0 Å². The summed E-state index contributed by atoms with van der Waals surface area (Å²) in [6.07, 6.45) is -8.13. The highest BCUT2D eigenvalue weighted by Crippen LogP contribution is 2.35. The van der Waals surface area contributed by atoms with Crippen molar-refractivity contribution in [3.63, 3.8) is 0 Å². The number of rotatable bonds is 2. The molecule has 0 unspecified atom stereocenters. The third-order valence-corrected chi connectivity index (χ3v) is 2.72. The van der Waals surface area contributed by atoms with Crippen LogP contribution in [0.4, 0.5) is 22.0 Å². The molecule has 100 valence electrons. The molecule has 0 bridgehead atoms. The smallest absolute Gasteiger partial charge is 0.433 e. The number of esters is 1. The van der Waals surface area contributed by atoms with Crippen molar-refractivity contribution < 1.29 is 31.5 Å². The van der Waals surface area contributed by atoms with E-state index in [-0.39, 0.29) is 6.07 Å². The quantitative estimate of drug-likeness (QED) is 0.613. The van der Waals surface area contributed by atoms with Crippen LogP contribution in [-0.2, 0) is 10.9 Å². The highest BCUT2D eigenvalue weighted by molar-refractivity contribution is 9.10. The molecule has 0 radical (unpaired) electrons. The Balaban J connectivity index is 3.52. The van der Waals surface area contributed by atoms with Gasteiger partial charge in [0, 0.05) is 5.56 Å². The van der Waals surface area contributed by atoms with E-state index in [0.29, 0.717) is 0 Å². The lowest BCUT2D eigenvalue weighted by Gasteiger charge is -2.12. The van der Waals surface area contributed by atoms with Crippen molar-refractivity contribution in [1.82, 2.24) is 4.98 Å². The molecule has 0 N–H and O–H groups in total. The van der Waals surface area contributed by atoms with Gasteiger partial charge in [-0.25, -0.2) is 18.6 Å². The predicted octanol–water partition coefficient (Wildman–Crippen LogP) is 3.59. The maximum absolute atomic E-state index is 12.6. The second kappa shape index (κ2) is 5.17. The van der Waals surface area contributed by atoms with E-state index >= 15 is 0 Å². The topological polar surface area (TPSA) is 39.2 Å². The van der Waals surface area contributed by atoms with Crippen molar-refractivity contribution in [1.29, 1.82) is 0 Å². The SMILES string of the molecule is COC(=O)c1nc(C(F)(F)F)cc(C(F)F)c1Br. The van der Waals surface area contributed by atoms with Crippen LogP contribution in [0.1, 0.15) is 28.2 Å². The number of hydrogen-bond donors (Lipinski definition) is 0. The monoisotopic (exact) mass is 333 g/mol. The van der Waals surface area contributed by atoms with E-state index in [1.807, 2.05) is 0 Å². The Hall–Kier alpha value is -1.25. The molecule has 18 heavy (non-hydrogen) atoms. The minimum Gasteiger partial charge on any atom is -0.464 e. The van der Waals surface area contributed by atoms with Crippen LogP contribution in [0.15, 0.2) is 10.5 Å². The highest BCUT2D eigenvalue weighted by atomic mass is 79.9. The largest absolute Gasteiger partial charge is 0.464 e. The predicted molar refractivity (Wildman–Crippen MR) is 53.2 cm³/mol. The number of ether oxygens (including phenoxy) is 1.